The molecule has 34 heavy (non-hydrogen) atoms. The fraction of sp³-hybridized carbons (Fsp3) is 0.0714. The molecule has 0 fully saturated rings. The Kier molecular flexibility index (Phi) is 5.70. The molecule has 0 saturated carbocycles. The Morgan fingerprint density at radius 2 is 1.65 bits per heavy atom. The predicted octanol–water partition coefficient (Wildman–Crippen LogP) is 6.67. The summed E-state index contributed by atoms with van der Waals surface area (Å²) in [5, 5.41) is 15.0. The van der Waals surface area contributed by atoms with Gasteiger partial charge < -0.3 is 15.6 Å². The zero-order valence-electron chi connectivity index (χ0n) is 19.0. The van der Waals surface area contributed by atoms with Crippen molar-refractivity contribution in [3.8, 4) is 0 Å². The van der Waals surface area contributed by atoms with Gasteiger partial charge in [-0.05, 0) is 68.0 Å². The van der Waals surface area contributed by atoms with E-state index in [9.17, 15) is 4.79 Å². The van der Waals surface area contributed by atoms with E-state index < -0.39 is 0 Å². The maximum atomic E-state index is 12.6. The number of rotatable bonds is 6. The van der Waals surface area contributed by atoms with E-state index in [1.807, 2.05) is 80.6 Å². The zero-order chi connectivity index (χ0) is 23.5. The molecule has 2 aromatic heterocycles. The molecule has 0 unspecified atom stereocenters. The standard InChI is InChI=1S/C28H25N5O/c1-18-15-25(19(2)29-18)28(34)31-22-10-6-9-21(16-22)30-23-12-13-24-26(32-33-27(24)17-23)14-11-20-7-4-3-5-8-20/h3-17,29-30H,1-2H3,(H,31,34)(H,32,33)/b14-11+. The van der Waals surface area contributed by atoms with Crippen LogP contribution in [0.2, 0.25) is 0 Å². The van der Waals surface area contributed by atoms with E-state index in [1.165, 1.54) is 0 Å². The SMILES string of the molecule is Cc1cc(C(=O)Nc2cccc(Nc3ccc4c(/C=C/c5ccccc5)n[nH]c4c3)c2)c(C)[nH]1. The van der Waals surface area contributed by atoms with E-state index in [2.05, 4.69) is 50.1 Å². The minimum absolute atomic E-state index is 0.131. The number of aromatic nitrogens is 3. The molecule has 0 atom stereocenters. The van der Waals surface area contributed by atoms with Crippen molar-refractivity contribution in [1.82, 2.24) is 15.2 Å². The lowest BCUT2D eigenvalue weighted by molar-refractivity contribution is 0.102. The summed E-state index contributed by atoms with van der Waals surface area (Å²) in [5.41, 5.74) is 7.97. The van der Waals surface area contributed by atoms with Gasteiger partial charge in [0.2, 0.25) is 0 Å². The van der Waals surface area contributed by atoms with Crippen LogP contribution >= 0.6 is 0 Å². The third-order valence-corrected chi connectivity index (χ3v) is 5.63. The molecule has 168 valence electrons. The highest BCUT2D eigenvalue weighted by Gasteiger charge is 2.12. The van der Waals surface area contributed by atoms with Gasteiger partial charge >= 0.3 is 0 Å². The predicted molar refractivity (Wildman–Crippen MR) is 139 cm³/mol. The van der Waals surface area contributed by atoms with Gasteiger partial charge in [-0.2, -0.15) is 5.10 Å². The van der Waals surface area contributed by atoms with Crippen LogP contribution in [0.15, 0.2) is 78.9 Å². The first kappa shape index (κ1) is 21.3. The van der Waals surface area contributed by atoms with E-state index >= 15 is 0 Å². The Balaban J connectivity index is 1.31. The number of amides is 1. The van der Waals surface area contributed by atoms with E-state index in [0.717, 1.165) is 50.6 Å². The van der Waals surface area contributed by atoms with Crippen LogP contribution in [-0.2, 0) is 0 Å². The van der Waals surface area contributed by atoms with Crippen molar-refractivity contribution in [2.75, 3.05) is 10.6 Å². The lowest BCUT2D eigenvalue weighted by Gasteiger charge is -2.10. The van der Waals surface area contributed by atoms with E-state index in [1.54, 1.807) is 0 Å². The second-order valence-corrected chi connectivity index (χ2v) is 8.26. The Morgan fingerprint density at radius 1 is 0.853 bits per heavy atom. The molecule has 0 bridgehead atoms. The van der Waals surface area contributed by atoms with E-state index in [4.69, 9.17) is 0 Å². The fourth-order valence-electron chi connectivity index (χ4n) is 3.98. The van der Waals surface area contributed by atoms with Gasteiger partial charge in [-0.25, -0.2) is 0 Å². The first-order chi connectivity index (χ1) is 16.5. The number of aromatic amines is 2. The Morgan fingerprint density at radius 3 is 2.44 bits per heavy atom. The molecule has 4 N–H and O–H groups in total. The Bertz CT molecular complexity index is 1490. The van der Waals surface area contributed by atoms with Crippen LogP contribution in [0.4, 0.5) is 17.1 Å². The van der Waals surface area contributed by atoms with Crippen LogP contribution in [0, 0.1) is 13.8 Å². The molecule has 0 aliphatic carbocycles. The van der Waals surface area contributed by atoms with Crippen molar-refractivity contribution in [2.24, 2.45) is 0 Å². The number of fused-ring (bicyclic) bond motifs is 1. The van der Waals surface area contributed by atoms with Gasteiger partial charge in [0.05, 0.1) is 16.8 Å². The fourth-order valence-corrected chi connectivity index (χ4v) is 3.98. The van der Waals surface area contributed by atoms with Crippen molar-refractivity contribution < 1.29 is 4.79 Å². The second kappa shape index (κ2) is 9.11. The number of carbonyl (C=O) groups is 1. The molecular formula is C28H25N5O. The van der Waals surface area contributed by atoms with Gasteiger partial charge in [-0.15, -0.1) is 0 Å². The highest BCUT2D eigenvalue weighted by Crippen LogP contribution is 2.26. The van der Waals surface area contributed by atoms with Crippen LogP contribution in [0.3, 0.4) is 0 Å². The number of hydrogen-bond donors (Lipinski definition) is 4. The zero-order valence-corrected chi connectivity index (χ0v) is 19.0. The van der Waals surface area contributed by atoms with Gasteiger partial charge in [0, 0.05) is 33.8 Å². The summed E-state index contributed by atoms with van der Waals surface area (Å²) in [6.07, 6.45) is 4.07. The van der Waals surface area contributed by atoms with Crippen molar-refractivity contribution >= 4 is 46.0 Å². The first-order valence-corrected chi connectivity index (χ1v) is 11.1. The minimum Gasteiger partial charge on any atom is -0.362 e. The number of benzene rings is 3. The molecule has 5 rings (SSSR count). The minimum atomic E-state index is -0.131. The van der Waals surface area contributed by atoms with Gasteiger partial charge in [-0.1, -0.05) is 42.5 Å². The van der Waals surface area contributed by atoms with Gasteiger partial charge in [0.1, 0.15) is 0 Å². The average Bonchev–Trinajstić information content (AvgIpc) is 3.40. The molecule has 0 saturated heterocycles. The highest BCUT2D eigenvalue weighted by atomic mass is 16.1. The number of H-pyrrole nitrogens is 2. The number of hydrogen-bond acceptors (Lipinski definition) is 3. The quantitative estimate of drug-likeness (QED) is 0.234. The van der Waals surface area contributed by atoms with E-state index in [-0.39, 0.29) is 5.91 Å². The number of carbonyl (C=O) groups excluding carboxylic acids is 1. The van der Waals surface area contributed by atoms with Crippen molar-refractivity contribution in [1.29, 1.82) is 0 Å². The summed E-state index contributed by atoms with van der Waals surface area (Å²) >= 11 is 0. The lowest BCUT2D eigenvalue weighted by Crippen LogP contribution is -2.12. The molecular weight excluding hydrogens is 422 g/mol. The summed E-state index contributed by atoms with van der Waals surface area (Å²) < 4.78 is 0. The number of anilines is 3. The van der Waals surface area contributed by atoms with Gasteiger partial charge in [0.25, 0.3) is 5.91 Å². The van der Waals surface area contributed by atoms with Crippen LogP contribution in [0.5, 0.6) is 0 Å². The molecule has 3 aromatic carbocycles. The molecule has 2 heterocycles. The normalized spacial score (nSPS) is 11.2. The summed E-state index contributed by atoms with van der Waals surface area (Å²) in [5.74, 6) is -0.131. The maximum Gasteiger partial charge on any atom is 0.257 e. The van der Waals surface area contributed by atoms with Crippen molar-refractivity contribution in [3.05, 3.63) is 107 Å². The number of aryl methyl sites for hydroxylation is 2. The number of nitrogens with zero attached hydrogens (tertiary/aromatic N) is 1. The molecule has 0 radical (unpaired) electrons. The number of nitrogens with one attached hydrogen (secondary N) is 4. The molecule has 0 aliphatic rings. The van der Waals surface area contributed by atoms with E-state index in [0.29, 0.717) is 5.56 Å². The highest BCUT2D eigenvalue weighted by molar-refractivity contribution is 6.05. The van der Waals surface area contributed by atoms with Crippen LogP contribution in [0.25, 0.3) is 23.1 Å². The van der Waals surface area contributed by atoms with Crippen LogP contribution in [0.1, 0.15) is 33.0 Å². The molecule has 0 spiro atoms. The molecule has 5 aromatic rings. The molecule has 0 aliphatic heterocycles. The monoisotopic (exact) mass is 447 g/mol. The summed E-state index contributed by atoms with van der Waals surface area (Å²) in [7, 11) is 0. The van der Waals surface area contributed by atoms with Crippen molar-refractivity contribution in [3.63, 3.8) is 0 Å². The average molecular weight is 448 g/mol. The topological polar surface area (TPSA) is 85.6 Å². The second-order valence-electron chi connectivity index (χ2n) is 8.26. The molecule has 6 heteroatoms. The Labute approximate surface area is 197 Å². The van der Waals surface area contributed by atoms with Crippen LogP contribution in [-0.4, -0.2) is 21.1 Å². The smallest absolute Gasteiger partial charge is 0.257 e. The lowest BCUT2D eigenvalue weighted by atomic mass is 10.1. The summed E-state index contributed by atoms with van der Waals surface area (Å²) in [6.45, 7) is 3.84. The molecule has 6 nitrogen and oxygen atoms in total. The Hall–Kier alpha value is -4.58. The van der Waals surface area contributed by atoms with Gasteiger partial charge in [-0.3, -0.25) is 9.89 Å². The maximum absolute atomic E-state index is 12.6. The largest absolute Gasteiger partial charge is 0.362 e. The third-order valence-electron chi connectivity index (χ3n) is 5.63. The summed E-state index contributed by atoms with van der Waals surface area (Å²) in [6, 6.07) is 25.8. The van der Waals surface area contributed by atoms with Crippen LogP contribution < -0.4 is 10.6 Å². The molecule has 1 amide bonds. The van der Waals surface area contributed by atoms with Crippen molar-refractivity contribution in [2.45, 2.75) is 13.8 Å². The third kappa shape index (κ3) is 4.61. The van der Waals surface area contributed by atoms with Gasteiger partial charge in [0.15, 0.2) is 0 Å². The summed E-state index contributed by atoms with van der Waals surface area (Å²) in [4.78, 5) is 15.8. The first-order valence-electron chi connectivity index (χ1n) is 11.1.